The average Bonchev–Trinajstić information content (AvgIpc) is 3.49. The second-order valence-corrected chi connectivity index (χ2v) is 11.3. The van der Waals surface area contributed by atoms with Crippen molar-refractivity contribution in [3.8, 4) is 0 Å². The van der Waals surface area contributed by atoms with Crippen LogP contribution in [0, 0.1) is 0 Å². The maximum absolute atomic E-state index is 14.0. The molecule has 0 unspecified atom stereocenters. The van der Waals surface area contributed by atoms with Gasteiger partial charge >= 0.3 is 0 Å². The fourth-order valence-corrected chi connectivity index (χ4v) is 6.40. The number of likely N-dealkylation sites (tertiary alicyclic amines) is 1. The summed E-state index contributed by atoms with van der Waals surface area (Å²) < 4.78 is 0. The summed E-state index contributed by atoms with van der Waals surface area (Å²) in [4.78, 5) is 30.9. The number of carbonyl (C=O) groups excluding carboxylic acids is 2. The first-order valence-corrected chi connectivity index (χ1v) is 14.5. The van der Waals surface area contributed by atoms with Crippen LogP contribution in [0.2, 0.25) is 0 Å². The molecule has 0 spiro atoms. The predicted molar refractivity (Wildman–Crippen MR) is 161 cm³/mol. The highest BCUT2D eigenvalue weighted by atomic mass is 16.2. The minimum absolute atomic E-state index is 0.0896. The molecule has 1 aliphatic rings. The Balaban J connectivity index is 1.35. The molecule has 2 heterocycles. The van der Waals surface area contributed by atoms with E-state index < -0.39 is 16.7 Å². The van der Waals surface area contributed by atoms with Gasteiger partial charge < -0.3 is 15.5 Å². The highest BCUT2D eigenvalue weighted by molar-refractivity contribution is 5.91. The van der Waals surface area contributed by atoms with E-state index in [9.17, 15) is 9.59 Å². The number of hydrogen-bond acceptors (Lipinski definition) is 6. The van der Waals surface area contributed by atoms with Crippen LogP contribution in [0.4, 0.5) is 0 Å². The number of rotatable bonds is 11. The lowest BCUT2D eigenvalue weighted by Crippen LogP contribution is -2.46. The lowest BCUT2D eigenvalue weighted by molar-refractivity contribution is -0.133. The van der Waals surface area contributed by atoms with E-state index in [1.165, 1.54) is 4.80 Å². The Morgan fingerprint density at radius 3 is 1.95 bits per heavy atom. The molecule has 1 saturated heterocycles. The molecule has 0 radical (unpaired) electrons. The first kappa shape index (κ1) is 29.1. The van der Waals surface area contributed by atoms with Crippen molar-refractivity contribution in [2.45, 2.75) is 43.1 Å². The molecule has 5 rings (SSSR count). The quantitative estimate of drug-likeness (QED) is 0.299. The van der Waals surface area contributed by atoms with Gasteiger partial charge in [0.2, 0.25) is 11.8 Å². The first-order chi connectivity index (χ1) is 20.3. The predicted octanol–water partition coefficient (Wildman–Crippen LogP) is 3.40. The van der Waals surface area contributed by atoms with Gasteiger partial charge in [0.05, 0.1) is 10.8 Å². The minimum atomic E-state index is -0.765. The van der Waals surface area contributed by atoms with Crippen molar-refractivity contribution in [1.82, 2.24) is 30.0 Å². The summed E-state index contributed by atoms with van der Waals surface area (Å²) in [6.45, 7) is 2.48. The van der Waals surface area contributed by atoms with E-state index in [0.29, 0.717) is 12.2 Å². The van der Waals surface area contributed by atoms with Crippen molar-refractivity contribution in [2.75, 3.05) is 33.7 Å². The van der Waals surface area contributed by atoms with Gasteiger partial charge in [0.1, 0.15) is 6.54 Å². The van der Waals surface area contributed by atoms with Crippen molar-refractivity contribution in [2.24, 2.45) is 5.73 Å². The van der Waals surface area contributed by atoms with Crippen LogP contribution in [0.15, 0.2) is 91.0 Å². The van der Waals surface area contributed by atoms with E-state index in [2.05, 4.69) is 56.7 Å². The number of hydrogen-bond donors (Lipinski definition) is 1. The van der Waals surface area contributed by atoms with Crippen LogP contribution in [-0.4, -0.2) is 75.6 Å². The van der Waals surface area contributed by atoms with Gasteiger partial charge in [-0.3, -0.25) is 9.59 Å². The second kappa shape index (κ2) is 12.7. The monoisotopic (exact) mass is 565 g/mol. The van der Waals surface area contributed by atoms with Crippen molar-refractivity contribution >= 4 is 11.8 Å². The number of carbonyl (C=O) groups is 2. The van der Waals surface area contributed by atoms with Crippen molar-refractivity contribution in [1.29, 1.82) is 0 Å². The largest absolute Gasteiger partial charge is 0.368 e. The van der Waals surface area contributed by atoms with Crippen LogP contribution in [0.25, 0.3) is 0 Å². The molecule has 2 amide bonds. The molecular weight excluding hydrogens is 526 g/mol. The van der Waals surface area contributed by atoms with Crippen molar-refractivity contribution in [3.63, 3.8) is 0 Å². The fraction of sp³-hybridized carbons (Fsp3) is 0.364. The van der Waals surface area contributed by atoms with Crippen molar-refractivity contribution < 1.29 is 9.59 Å². The Hall–Kier alpha value is -4.37. The van der Waals surface area contributed by atoms with E-state index in [-0.39, 0.29) is 12.5 Å². The lowest BCUT2D eigenvalue weighted by atomic mass is 9.70. The first-order valence-electron chi connectivity index (χ1n) is 14.5. The molecule has 0 saturated carbocycles. The zero-order valence-electron chi connectivity index (χ0n) is 24.4. The number of nitrogens with zero attached hydrogens (tertiary/aromatic N) is 6. The topological polar surface area (TPSA) is 110 Å². The number of aromatic nitrogens is 4. The van der Waals surface area contributed by atoms with Gasteiger partial charge in [-0.25, -0.2) is 0 Å². The third-order valence-electron chi connectivity index (χ3n) is 8.54. The normalized spacial score (nSPS) is 15.3. The summed E-state index contributed by atoms with van der Waals surface area (Å²) in [7, 11) is 3.68. The lowest BCUT2D eigenvalue weighted by Gasteiger charge is -2.41. The van der Waals surface area contributed by atoms with E-state index in [0.717, 1.165) is 55.6 Å². The van der Waals surface area contributed by atoms with Crippen LogP contribution < -0.4 is 5.73 Å². The van der Waals surface area contributed by atoms with Gasteiger partial charge in [-0.15, -0.1) is 10.2 Å². The Kier molecular flexibility index (Phi) is 8.77. The summed E-state index contributed by atoms with van der Waals surface area (Å²) in [6.07, 6.45) is 3.19. The van der Waals surface area contributed by atoms with Gasteiger partial charge in [-0.2, -0.15) is 4.80 Å². The molecule has 2 N–H and O–H groups in total. The molecule has 0 aliphatic carbocycles. The van der Waals surface area contributed by atoms with Gasteiger partial charge in [0.15, 0.2) is 5.82 Å². The summed E-state index contributed by atoms with van der Waals surface area (Å²) in [5, 5.41) is 13.1. The number of piperidine rings is 1. The molecule has 42 heavy (non-hydrogen) atoms. The molecule has 0 atom stereocenters. The SMILES string of the molecule is CN(C)C(=O)C(CCCN1CCC(c2ccccc2)(c2nnn(CC(N)=O)n2)CC1)(c1ccccc1)c1ccccc1. The number of benzene rings is 3. The third kappa shape index (κ3) is 5.83. The van der Waals surface area contributed by atoms with Crippen LogP contribution >= 0.6 is 0 Å². The van der Waals surface area contributed by atoms with E-state index in [1.807, 2.05) is 68.7 Å². The smallest absolute Gasteiger partial charge is 0.241 e. The van der Waals surface area contributed by atoms with E-state index in [4.69, 9.17) is 5.73 Å². The molecule has 4 aromatic rings. The van der Waals surface area contributed by atoms with Crippen LogP contribution in [0.3, 0.4) is 0 Å². The Labute approximate surface area is 247 Å². The van der Waals surface area contributed by atoms with Crippen LogP contribution in [0.5, 0.6) is 0 Å². The number of likely N-dealkylation sites (N-methyl/N-ethyl adjacent to an activating group) is 1. The second-order valence-electron chi connectivity index (χ2n) is 11.3. The molecule has 9 nitrogen and oxygen atoms in total. The fourth-order valence-electron chi connectivity index (χ4n) is 6.40. The molecule has 1 fully saturated rings. The van der Waals surface area contributed by atoms with Gasteiger partial charge in [0, 0.05) is 14.1 Å². The minimum Gasteiger partial charge on any atom is -0.368 e. The molecular formula is C33H39N7O2. The Bertz CT molecular complexity index is 1420. The molecule has 9 heteroatoms. The molecule has 1 aromatic heterocycles. The maximum atomic E-state index is 14.0. The zero-order valence-corrected chi connectivity index (χ0v) is 24.4. The highest BCUT2D eigenvalue weighted by Crippen LogP contribution is 2.41. The summed E-state index contributed by atoms with van der Waals surface area (Å²) in [5.41, 5.74) is 7.38. The standard InChI is InChI=1S/C33H39N7O2/c1-38(2)31(42)33(27-15-8-4-9-16-27,28-17-10-5-11-18-28)19-12-22-39-23-20-32(21-24-39,26-13-6-3-7-14-26)30-35-37-40(36-30)25-29(34)41/h3-11,13-18H,12,19-25H2,1-2H3,(H2,34,41). The molecule has 1 aliphatic heterocycles. The number of amides is 2. The molecule has 3 aromatic carbocycles. The maximum Gasteiger partial charge on any atom is 0.241 e. The van der Waals surface area contributed by atoms with Crippen LogP contribution in [0.1, 0.15) is 48.2 Å². The Morgan fingerprint density at radius 2 is 1.43 bits per heavy atom. The number of primary amides is 1. The average molecular weight is 566 g/mol. The molecule has 0 bridgehead atoms. The van der Waals surface area contributed by atoms with Crippen LogP contribution in [-0.2, 0) is 27.0 Å². The summed E-state index contributed by atoms with van der Waals surface area (Å²) in [5.74, 6) is 0.211. The van der Waals surface area contributed by atoms with Crippen molar-refractivity contribution in [3.05, 3.63) is 114 Å². The van der Waals surface area contributed by atoms with Gasteiger partial charge in [-0.1, -0.05) is 91.0 Å². The summed E-state index contributed by atoms with van der Waals surface area (Å²) in [6, 6.07) is 30.6. The van der Waals surface area contributed by atoms with Gasteiger partial charge in [0.25, 0.3) is 0 Å². The third-order valence-corrected chi connectivity index (χ3v) is 8.54. The number of nitrogens with two attached hydrogens (primary N) is 1. The Morgan fingerprint density at radius 1 is 0.881 bits per heavy atom. The zero-order chi connectivity index (χ0) is 29.6. The van der Waals surface area contributed by atoms with E-state index >= 15 is 0 Å². The number of tetrazole rings is 1. The summed E-state index contributed by atoms with van der Waals surface area (Å²) >= 11 is 0. The molecule has 218 valence electrons. The van der Waals surface area contributed by atoms with E-state index in [1.54, 1.807) is 4.90 Å². The van der Waals surface area contributed by atoms with Gasteiger partial charge in [-0.05, 0) is 67.2 Å². The highest BCUT2D eigenvalue weighted by Gasteiger charge is 2.44.